The van der Waals surface area contributed by atoms with Crippen LogP contribution in [0.25, 0.3) is 0 Å². The normalized spacial score (nSPS) is 15.8. The number of aromatic nitrogens is 2. The van der Waals surface area contributed by atoms with Crippen molar-refractivity contribution in [2.75, 3.05) is 40.9 Å². The molecule has 3 rings (SSSR count). The van der Waals surface area contributed by atoms with Crippen molar-refractivity contribution < 1.29 is 38.1 Å². The van der Waals surface area contributed by atoms with Gasteiger partial charge in [-0.25, -0.2) is 29.1 Å². The maximum absolute atomic E-state index is 14.0. The van der Waals surface area contributed by atoms with Crippen molar-refractivity contribution in [3.63, 3.8) is 0 Å². The summed E-state index contributed by atoms with van der Waals surface area (Å²) in [6.07, 6.45) is 4.84. The van der Waals surface area contributed by atoms with Crippen LogP contribution in [-0.4, -0.2) is 86.9 Å². The van der Waals surface area contributed by atoms with Gasteiger partial charge in [0.15, 0.2) is 0 Å². The Morgan fingerprint density at radius 2 is 1.05 bits per heavy atom. The predicted molar refractivity (Wildman–Crippen MR) is 214 cm³/mol. The smallest absolute Gasteiger partial charge is 0.416 e. The van der Waals surface area contributed by atoms with Crippen LogP contribution in [0.2, 0.25) is 0 Å². The van der Waals surface area contributed by atoms with Crippen molar-refractivity contribution >= 4 is 47.4 Å². The van der Waals surface area contributed by atoms with Gasteiger partial charge in [0.2, 0.25) is 0 Å². The average Bonchev–Trinajstić information content (AvgIpc) is 3.01. The second-order valence-corrected chi connectivity index (χ2v) is 17.2. The zero-order chi connectivity index (χ0) is 42.3. The Balaban J connectivity index is 2.06. The molecule has 0 aromatic carbocycles. The molecule has 0 spiro atoms. The van der Waals surface area contributed by atoms with E-state index in [4.69, 9.17) is 30.4 Å². The molecule has 0 fully saturated rings. The fourth-order valence-electron chi connectivity index (χ4n) is 5.00. The van der Waals surface area contributed by atoms with Gasteiger partial charge in [0.05, 0.1) is 23.8 Å². The van der Waals surface area contributed by atoms with E-state index in [-0.39, 0.29) is 43.5 Å². The van der Waals surface area contributed by atoms with Crippen molar-refractivity contribution in [3.8, 4) is 0 Å². The molecule has 1 aliphatic rings. The highest BCUT2D eigenvalue weighted by Gasteiger charge is 2.39. The SMILES string of the molecule is CC(C)(C)OC(=O)NC1(CCN(C(=O)OC(C)(C)C)c2ccc(N)cn2)C=CC=C(N(CCN(C(=O)OC(C)(C)C)c2ccc(N)cn2)C(=O)OC(C)(C)C)N1. The first-order valence-corrected chi connectivity index (χ1v) is 18.3. The summed E-state index contributed by atoms with van der Waals surface area (Å²) >= 11 is 0. The quantitative estimate of drug-likeness (QED) is 0.185. The molecule has 6 N–H and O–H groups in total. The molecule has 308 valence electrons. The second-order valence-electron chi connectivity index (χ2n) is 17.2. The monoisotopic (exact) mass is 781 g/mol. The zero-order valence-electron chi connectivity index (χ0n) is 34.7. The van der Waals surface area contributed by atoms with Gasteiger partial charge in [-0.05, 0) is 120 Å². The minimum absolute atomic E-state index is 0.00688. The van der Waals surface area contributed by atoms with Crippen LogP contribution in [0.4, 0.5) is 42.2 Å². The first-order chi connectivity index (χ1) is 25.6. The second kappa shape index (κ2) is 17.4. The van der Waals surface area contributed by atoms with Gasteiger partial charge in [-0.15, -0.1) is 0 Å². The van der Waals surface area contributed by atoms with Gasteiger partial charge in [-0.2, -0.15) is 0 Å². The molecule has 1 unspecified atom stereocenters. The molecule has 17 heteroatoms. The molecule has 1 aliphatic heterocycles. The van der Waals surface area contributed by atoms with Crippen LogP contribution < -0.4 is 31.9 Å². The van der Waals surface area contributed by atoms with Crippen molar-refractivity contribution in [1.82, 2.24) is 25.5 Å². The highest BCUT2D eigenvalue weighted by Crippen LogP contribution is 2.26. The van der Waals surface area contributed by atoms with Crippen molar-refractivity contribution in [2.45, 2.75) is 118 Å². The molecule has 4 amide bonds. The van der Waals surface area contributed by atoms with Gasteiger partial charge in [-0.1, -0.05) is 6.08 Å². The van der Waals surface area contributed by atoms with Gasteiger partial charge in [0.1, 0.15) is 45.5 Å². The third kappa shape index (κ3) is 14.5. The predicted octanol–water partition coefficient (Wildman–Crippen LogP) is 6.67. The highest BCUT2D eigenvalue weighted by molar-refractivity contribution is 5.87. The molecule has 0 saturated carbocycles. The number of alkyl carbamates (subject to hydrolysis) is 1. The minimum Gasteiger partial charge on any atom is -0.444 e. The number of amides is 4. The number of anilines is 4. The van der Waals surface area contributed by atoms with E-state index < -0.39 is 52.4 Å². The lowest BCUT2D eigenvalue weighted by Crippen LogP contribution is -2.62. The summed E-state index contributed by atoms with van der Waals surface area (Å²) in [6, 6.07) is 6.35. The molecule has 2 aromatic rings. The number of carbonyl (C=O) groups excluding carboxylic acids is 4. The number of hydrogen-bond acceptors (Lipinski definition) is 13. The van der Waals surface area contributed by atoms with E-state index in [1.54, 1.807) is 126 Å². The van der Waals surface area contributed by atoms with Crippen molar-refractivity contribution in [3.05, 3.63) is 60.7 Å². The maximum atomic E-state index is 14.0. The van der Waals surface area contributed by atoms with E-state index in [0.29, 0.717) is 11.4 Å². The van der Waals surface area contributed by atoms with Crippen LogP contribution in [0.5, 0.6) is 0 Å². The Morgan fingerprint density at radius 3 is 1.46 bits per heavy atom. The molecule has 2 aromatic heterocycles. The number of nitrogens with zero attached hydrogens (tertiary/aromatic N) is 5. The van der Waals surface area contributed by atoms with Gasteiger partial charge >= 0.3 is 24.4 Å². The molecular formula is C39H59N9O8. The Kier molecular flexibility index (Phi) is 13.9. The highest BCUT2D eigenvalue weighted by atomic mass is 16.6. The molecule has 0 aliphatic carbocycles. The minimum atomic E-state index is -1.47. The van der Waals surface area contributed by atoms with Crippen molar-refractivity contribution in [1.29, 1.82) is 0 Å². The molecular weight excluding hydrogens is 722 g/mol. The van der Waals surface area contributed by atoms with Crippen LogP contribution in [0.1, 0.15) is 89.5 Å². The summed E-state index contributed by atoms with van der Waals surface area (Å²) in [7, 11) is 0. The molecule has 3 heterocycles. The van der Waals surface area contributed by atoms with Gasteiger partial charge in [0.25, 0.3) is 0 Å². The number of pyridine rings is 2. The molecule has 1 atom stereocenters. The largest absolute Gasteiger partial charge is 0.444 e. The first-order valence-electron chi connectivity index (χ1n) is 18.3. The summed E-state index contributed by atoms with van der Waals surface area (Å²) < 4.78 is 22.9. The van der Waals surface area contributed by atoms with E-state index in [0.717, 1.165) is 0 Å². The molecule has 0 saturated heterocycles. The molecule has 0 radical (unpaired) electrons. The number of nitrogens with one attached hydrogen (secondary N) is 2. The molecule has 17 nitrogen and oxygen atoms in total. The fraction of sp³-hybridized carbons (Fsp3) is 0.538. The summed E-state index contributed by atoms with van der Waals surface area (Å²) in [5.74, 6) is 0.689. The zero-order valence-corrected chi connectivity index (χ0v) is 34.7. The Hall–Kier alpha value is -5.74. The van der Waals surface area contributed by atoms with E-state index >= 15 is 0 Å². The summed E-state index contributed by atoms with van der Waals surface area (Å²) in [6.45, 7) is 20.5. The fourth-order valence-corrected chi connectivity index (χ4v) is 5.00. The summed E-state index contributed by atoms with van der Waals surface area (Å²) in [4.78, 5) is 67.2. The summed E-state index contributed by atoms with van der Waals surface area (Å²) in [5, 5.41) is 6.19. The van der Waals surface area contributed by atoms with Gasteiger partial charge in [-0.3, -0.25) is 20.0 Å². The van der Waals surface area contributed by atoms with Crippen molar-refractivity contribution in [2.24, 2.45) is 0 Å². The van der Waals surface area contributed by atoms with E-state index in [1.807, 2.05) is 0 Å². The third-order valence-corrected chi connectivity index (χ3v) is 7.21. The third-order valence-electron chi connectivity index (χ3n) is 7.21. The van der Waals surface area contributed by atoms with Crippen LogP contribution in [0.15, 0.2) is 60.7 Å². The lowest BCUT2D eigenvalue weighted by atomic mass is 10.0. The van der Waals surface area contributed by atoms with E-state index in [1.165, 1.54) is 27.1 Å². The number of rotatable bonds is 10. The summed E-state index contributed by atoms with van der Waals surface area (Å²) in [5.41, 5.74) is 7.65. The Bertz CT molecular complexity index is 1750. The number of allylic oxidation sites excluding steroid dienone is 2. The van der Waals surface area contributed by atoms with Crippen LogP contribution in [0.3, 0.4) is 0 Å². The number of ether oxygens (including phenoxy) is 4. The van der Waals surface area contributed by atoms with E-state index in [2.05, 4.69) is 20.6 Å². The topological polar surface area (TPSA) is 217 Å². The standard InChI is InChI=1S/C39H59N9O8/c1-35(2,3)53-31(49)45-39(20-21-46(32(50)54-36(4,5)6)28-17-15-26(40)24-42-28)19-13-14-30(44-39)48(34(52)56-38(10,11)12)23-22-47(33(51)55-37(7,8)9)29-18-16-27(41)25-43-29/h13-19,24-25,44H,20-23,40-41H2,1-12H3,(H,45,49). The lowest BCUT2D eigenvalue weighted by molar-refractivity contribution is 0.0280. The van der Waals surface area contributed by atoms with Crippen LogP contribution >= 0.6 is 0 Å². The number of dihydropyridines is 1. The maximum Gasteiger partial charge on any atom is 0.416 e. The number of nitrogen functional groups attached to an aromatic ring is 2. The van der Waals surface area contributed by atoms with Crippen LogP contribution in [-0.2, 0) is 18.9 Å². The Morgan fingerprint density at radius 1 is 0.643 bits per heavy atom. The number of carbonyl (C=O) groups is 4. The van der Waals surface area contributed by atoms with Gasteiger partial charge in [0, 0.05) is 26.1 Å². The van der Waals surface area contributed by atoms with Gasteiger partial charge < -0.3 is 35.7 Å². The van der Waals surface area contributed by atoms with E-state index in [9.17, 15) is 19.2 Å². The number of hydrogen-bond donors (Lipinski definition) is 4. The average molecular weight is 782 g/mol. The molecule has 56 heavy (non-hydrogen) atoms. The first kappa shape index (κ1) is 44.7. The lowest BCUT2D eigenvalue weighted by Gasteiger charge is -2.41. The number of nitrogens with two attached hydrogens (primary N) is 2. The Labute approximate surface area is 329 Å². The molecule has 0 bridgehead atoms. The van der Waals surface area contributed by atoms with Crippen LogP contribution in [0, 0.1) is 0 Å².